The van der Waals surface area contributed by atoms with E-state index in [0.29, 0.717) is 0 Å². The molecular weight excluding hydrogens is 779 g/mol. The summed E-state index contributed by atoms with van der Waals surface area (Å²) in [5, 5.41) is 2.33. The first-order chi connectivity index (χ1) is 31.7. The number of allylic oxidation sites excluding steroid dienone is 2. The number of para-hydroxylation sites is 2. The highest BCUT2D eigenvalue weighted by molar-refractivity contribution is 6.12. The van der Waals surface area contributed by atoms with Crippen molar-refractivity contribution in [1.29, 1.82) is 0 Å². The summed E-state index contributed by atoms with van der Waals surface area (Å²) in [5.74, 6) is 1.14. The van der Waals surface area contributed by atoms with Crippen LogP contribution in [-0.2, 0) is 0 Å². The molecule has 0 N–H and O–H groups in total. The Balaban J connectivity index is 1.05. The molecule has 2 aliphatic rings. The number of hydrogen-bond donors (Lipinski definition) is 0. The molecule has 1 aliphatic heterocycles. The van der Waals surface area contributed by atoms with E-state index >= 15 is 0 Å². The molecule has 4 nitrogen and oxygen atoms in total. The quantitative estimate of drug-likeness (QED) is 0.145. The van der Waals surface area contributed by atoms with Crippen molar-refractivity contribution in [3.63, 3.8) is 0 Å². The van der Waals surface area contributed by atoms with Crippen molar-refractivity contribution < 1.29 is 4.74 Å². The monoisotopic (exact) mass is 821 g/mol. The third kappa shape index (κ3) is 6.64. The summed E-state index contributed by atoms with van der Waals surface area (Å²) in [7, 11) is 0. The predicted octanol–water partition coefficient (Wildman–Crippen LogP) is 16.0. The van der Waals surface area contributed by atoms with Gasteiger partial charge in [-0.05, 0) is 131 Å². The largest absolute Gasteiger partial charge is 0.485 e. The number of rotatable bonds is 9. The normalized spacial score (nSPS) is 14.9. The molecule has 304 valence electrons. The number of fused-ring (bicyclic) bond motifs is 6. The summed E-state index contributed by atoms with van der Waals surface area (Å²) in [6, 6.07) is 80.9. The van der Waals surface area contributed by atoms with Gasteiger partial charge in [0.2, 0.25) is 0 Å². The molecule has 0 amide bonds. The maximum Gasteiger partial charge on any atom is 0.128 e. The summed E-state index contributed by atoms with van der Waals surface area (Å²) in [6.45, 7) is 0. The molecule has 0 fully saturated rings. The van der Waals surface area contributed by atoms with Crippen LogP contribution in [0.15, 0.2) is 249 Å². The third-order valence-electron chi connectivity index (χ3n) is 12.7. The second kappa shape index (κ2) is 15.8. The van der Waals surface area contributed by atoms with E-state index in [1.54, 1.807) is 0 Å². The van der Waals surface area contributed by atoms with Gasteiger partial charge in [0.1, 0.15) is 11.9 Å². The van der Waals surface area contributed by atoms with Gasteiger partial charge >= 0.3 is 0 Å². The van der Waals surface area contributed by atoms with Crippen molar-refractivity contribution in [1.82, 2.24) is 4.57 Å². The summed E-state index contributed by atoms with van der Waals surface area (Å²) in [6.07, 6.45) is 8.67. The van der Waals surface area contributed by atoms with Gasteiger partial charge in [-0.3, -0.25) is 0 Å². The van der Waals surface area contributed by atoms with Gasteiger partial charge in [0.05, 0.1) is 11.0 Å². The fourth-order valence-corrected chi connectivity index (χ4v) is 9.64. The third-order valence-corrected chi connectivity index (χ3v) is 12.7. The van der Waals surface area contributed by atoms with Gasteiger partial charge in [-0.15, -0.1) is 0 Å². The minimum Gasteiger partial charge on any atom is -0.485 e. The Bertz CT molecular complexity index is 3160. The first kappa shape index (κ1) is 37.4. The summed E-state index contributed by atoms with van der Waals surface area (Å²) in [4.78, 5) is 4.73. The van der Waals surface area contributed by atoms with Crippen molar-refractivity contribution in [2.75, 3.05) is 9.80 Å². The molecule has 64 heavy (non-hydrogen) atoms. The number of anilines is 6. The Morgan fingerprint density at radius 1 is 0.359 bits per heavy atom. The molecule has 0 saturated carbocycles. The van der Waals surface area contributed by atoms with Gasteiger partial charge in [-0.25, -0.2) is 0 Å². The predicted molar refractivity (Wildman–Crippen MR) is 266 cm³/mol. The van der Waals surface area contributed by atoms with E-state index in [2.05, 4.69) is 263 Å². The molecule has 2 heterocycles. The van der Waals surface area contributed by atoms with Crippen molar-refractivity contribution >= 4 is 55.9 Å². The van der Waals surface area contributed by atoms with Gasteiger partial charge in [-0.1, -0.05) is 140 Å². The first-order valence-electron chi connectivity index (χ1n) is 22.0. The van der Waals surface area contributed by atoms with Crippen LogP contribution in [0.4, 0.5) is 34.1 Å². The Kier molecular flexibility index (Phi) is 9.27. The van der Waals surface area contributed by atoms with Crippen molar-refractivity contribution in [3.8, 4) is 33.7 Å². The van der Waals surface area contributed by atoms with E-state index in [1.165, 1.54) is 38.6 Å². The molecule has 2 atom stereocenters. The van der Waals surface area contributed by atoms with E-state index < -0.39 is 0 Å². The maximum absolute atomic E-state index is 6.42. The highest BCUT2D eigenvalue weighted by Crippen LogP contribution is 2.46. The standard InChI is InChI=1S/C60H43N3O/c1-5-15-42(16-6-1)44-25-29-48(30-26-44)61(46-19-9-3-10-20-46)50-33-36-57-54(39-50)55-40-51(34-37-58(55)63(57)52-35-38-60-56(41-52)53-23-13-14-24-59(53)64-60)62(47-21-11-4-12-22-47)49-31-27-45(28-32-49)43-17-7-2-8-18-43/h1-41,53,59H. The zero-order valence-electron chi connectivity index (χ0n) is 35.1. The summed E-state index contributed by atoms with van der Waals surface area (Å²) < 4.78 is 8.84. The fourth-order valence-electron chi connectivity index (χ4n) is 9.64. The summed E-state index contributed by atoms with van der Waals surface area (Å²) >= 11 is 0. The van der Waals surface area contributed by atoms with Crippen LogP contribution in [0.2, 0.25) is 0 Å². The second-order valence-corrected chi connectivity index (χ2v) is 16.5. The second-order valence-electron chi connectivity index (χ2n) is 16.5. The van der Waals surface area contributed by atoms with Crippen molar-refractivity contribution in [3.05, 3.63) is 254 Å². The minimum atomic E-state index is 0.0231. The smallest absolute Gasteiger partial charge is 0.128 e. The Morgan fingerprint density at radius 2 is 0.781 bits per heavy atom. The molecule has 1 aliphatic carbocycles. The van der Waals surface area contributed by atoms with Crippen molar-refractivity contribution in [2.24, 2.45) is 0 Å². The van der Waals surface area contributed by atoms with Crippen LogP contribution in [0.25, 0.3) is 49.7 Å². The van der Waals surface area contributed by atoms with Crippen LogP contribution in [0.1, 0.15) is 11.5 Å². The molecule has 12 rings (SSSR count). The molecule has 9 aromatic carbocycles. The van der Waals surface area contributed by atoms with E-state index in [-0.39, 0.29) is 12.0 Å². The number of aromatic nitrogens is 1. The van der Waals surface area contributed by atoms with E-state index in [9.17, 15) is 0 Å². The molecule has 0 saturated heterocycles. The first-order valence-corrected chi connectivity index (χ1v) is 22.0. The van der Waals surface area contributed by atoms with Gasteiger partial charge in [0.25, 0.3) is 0 Å². The molecule has 0 bridgehead atoms. The molecule has 0 radical (unpaired) electrons. The average molecular weight is 822 g/mol. The van der Waals surface area contributed by atoms with Crippen LogP contribution < -0.4 is 14.5 Å². The van der Waals surface area contributed by atoms with Crippen LogP contribution in [0, 0.1) is 0 Å². The van der Waals surface area contributed by atoms with Gasteiger partial charge in [0.15, 0.2) is 0 Å². The molecule has 4 heteroatoms. The lowest BCUT2D eigenvalue weighted by Crippen LogP contribution is -2.15. The lowest BCUT2D eigenvalue weighted by molar-refractivity contribution is 0.269. The average Bonchev–Trinajstić information content (AvgIpc) is 3.90. The molecule has 2 unspecified atom stereocenters. The highest BCUT2D eigenvalue weighted by Gasteiger charge is 2.32. The highest BCUT2D eigenvalue weighted by atomic mass is 16.5. The fraction of sp³-hybridized carbons (Fsp3) is 0.0333. The zero-order chi connectivity index (χ0) is 42.4. The molecule has 0 spiro atoms. The lowest BCUT2D eigenvalue weighted by atomic mass is 9.92. The summed E-state index contributed by atoms with van der Waals surface area (Å²) in [5.41, 5.74) is 15.9. The van der Waals surface area contributed by atoms with Gasteiger partial charge in [-0.2, -0.15) is 0 Å². The number of hydrogen-bond acceptors (Lipinski definition) is 3. The Labute approximate surface area is 373 Å². The van der Waals surface area contributed by atoms with Crippen molar-refractivity contribution in [2.45, 2.75) is 12.0 Å². The van der Waals surface area contributed by atoms with Gasteiger partial charge < -0.3 is 19.1 Å². The topological polar surface area (TPSA) is 20.6 Å². The Hall–Kier alpha value is -8.34. The number of benzene rings is 9. The van der Waals surface area contributed by atoms with Crippen LogP contribution in [0.3, 0.4) is 0 Å². The minimum absolute atomic E-state index is 0.0231. The molecule has 1 aromatic heterocycles. The molecule has 10 aromatic rings. The van der Waals surface area contributed by atoms with E-state index in [1.807, 2.05) is 0 Å². The maximum atomic E-state index is 6.42. The van der Waals surface area contributed by atoms with E-state index in [0.717, 1.165) is 56.6 Å². The lowest BCUT2D eigenvalue weighted by Gasteiger charge is -2.26. The van der Waals surface area contributed by atoms with Crippen LogP contribution in [0.5, 0.6) is 5.75 Å². The number of ether oxygens (including phenoxy) is 1. The van der Waals surface area contributed by atoms with Gasteiger partial charge in [0, 0.05) is 62.1 Å². The SMILES string of the molecule is C1=CC2Oc3ccc(-n4c5ccc(N(c6ccccc6)c6ccc(-c7ccccc7)cc6)cc5c5cc(N(c6ccccc6)c6ccc(-c7ccccc7)cc6)ccc54)cc3C2C=C1. The molecular formula is C60H43N3O. The Morgan fingerprint density at radius 3 is 1.28 bits per heavy atom. The van der Waals surface area contributed by atoms with E-state index in [4.69, 9.17) is 4.74 Å². The van der Waals surface area contributed by atoms with Crippen LogP contribution >= 0.6 is 0 Å². The number of nitrogens with zero attached hydrogens (tertiary/aromatic N) is 3. The van der Waals surface area contributed by atoms with Crippen LogP contribution in [-0.4, -0.2) is 10.7 Å². The zero-order valence-corrected chi connectivity index (χ0v) is 35.1.